The number of hydrogen-bond donors (Lipinski definition) is 0. The largest absolute Gasteiger partial charge is 0.309 e. The third-order valence-electron chi connectivity index (χ3n) is 1.22. The van der Waals surface area contributed by atoms with E-state index >= 15 is 0 Å². The first-order chi connectivity index (χ1) is 5.68. The van der Waals surface area contributed by atoms with Crippen LogP contribution in [-0.4, -0.2) is 25.5 Å². The fourth-order valence-corrected chi connectivity index (χ4v) is 0.697. The van der Waals surface area contributed by atoms with E-state index in [-0.39, 0.29) is 0 Å². The van der Waals surface area contributed by atoms with Gasteiger partial charge in [-0.3, -0.25) is 0 Å². The van der Waals surface area contributed by atoms with Crippen LogP contribution in [-0.2, 0) is 0 Å². The number of nitrogens with zero attached hydrogens (tertiary/aromatic N) is 1. The highest BCUT2D eigenvalue weighted by atomic mass is 15.0. The van der Waals surface area contributed by atoms with Crippen LogP contribution < -0.4 is 0 Å². The predicted octanol–water partition coefficient (Wildman–Crippen LogP) is 2.77. The summed E-state index contributed by atoms with van der Waals surface area (Å²) in [5, 5.41) is 0. The molecule has 0 atom stereocenters. The van der Waals surface area contributed by atoms with E-state index in [4.69, 9.17) is 0 Å². The normalized spacial score (nSPS) is 8.17. The van der Waals surface area contributed by atoms with Gasteiger partial charge < -0.3 is 4.90 Å². The highest BCUT2D eigenvalue weighted by Gasteiger charge is 1.79. The molecule has 0 fully saturated rings. The Labute approximate surface area is 78.2 Å². The molecule has 0 aliphatic rings. The van der Waals surface area contributed by atoms with Gasteiger partial charge in [0.15, 0.2) is 0 Å². The second-order valence-corrected chi connectivity index (χ2v) is 2.98. The van der Waals surface area contributed by atoms with E-state index in [1.807, 2.05) is 6.92 Å². The van der Waals surface area contributed by atoms with E-state index < -0.39 is 0 Å². The van der Waals surface area contributed by atoms with Crippen LogP contribution in [0.15, 0.2) is 0 Å². The summed E-state index contributed by atoms with van der Waals surface area (Å²) < 4.78 is 0. The van der Waals surface area contributed by atoms with Crippen molar-refractivity contribution < 1.29 is 0 Å². The molecule has 0 heterocycles. The van der Waals surface area contributed by atoms with Crippen molar-refractivity contribution in [3.05, 3.63) is 0 Å². The minimum Gasteiger partial charge on any atom is -0.309 e. The molecule has 72 valence electrons. The first-order valence-corrected chi connectivity index (χ1v) is 4.73. The zero-order valence-electron chi connectivity index (χ0n) is 9.28. The lowest BCUT2D eigenvalue weighted by molar-refractivity contribution is 0.408. The van der Waals surface area contributed by atoms with Crippen LogP contribution in [0.25, 0.3) is 0 Å². The van der Waals surface area contributed by atoms with Crippen molar-refractivity contribution in [3.8, 4) is 11.8 Å². The molecule has 0 aromatic rings. The van der Waals surface area contributed by atoms with Crippen LogP contribution >= 0.6 is 0 Å². The SMILES string of the molecule is CC#CCCC.CCCN(C)C. The monoisotopic (exact) mass is 169 g/mol. The van der Waals surface area contributed by atoms with Crippen LogP contribution in [0.5, 0.6) is 0 Å². The van der Waals surface area contributed by atoms with Crippen molar-refractivity contribution in [2.45, 2.75) is 40.0 Å². The molecule has 0 radical (unpaired) electrons. The van der Waals surface area contributed by atoms with Gasteiger partial charge >= 0.3 is 0 Å². The molecular formula is C11H23N. The molecule has 0 rings (SSSR count). The van der Waals surface area contributed by atoms with Gasteiger partial charge in [-0.1, -0.05) is 13.8 Å². The quantitative estimate of drug-likeness (QED) is 0.587. The van der Waals surface area contributed by atoms with Crippen LogP contribution in [0.1, 0.15) is 40.0 Å². The summed E-state index contributed by atoms with van der Waals surface area (Å²) in [6.07, 6.45) is 3.49. The third kappa shape index (κ3) is 22.7. The molecule has 0 N–H and O–H groups in total. The second-order valence-electron chi connectivity index (χ2n) is 2.98. The summed E-state index contributed by atoms with van der Waals surface area (Å²) in [6, 6.07) is 0. The Balaban J connectivity index is 0. The lowest BCUT2D eigenvalue weighted by Gasteiger charge is -2.03. The highest BCUT2D eigenvalue weighted by molar-refractivity contribution is 4.93. The lowest BCUT2D eigenvalue weighted by Crippen LogP contribution is -2.11. The highest BCUT2D eigenvalue weighted by Crippen LogP contribution is 1.79. The summed E-state index contributed by atoms with van der Waals surface area (Å²) in [7, 11) is 4.17. The summed E-state index contributed by atoms with van der Waals surface area (Å²) in [4.78, 5) is 2.18. The zero-order valence-corrected chi connectivity index (χ0v) is 9.28. The maximum Gasteiger partial charge on any atom is 0.00859 e. The molecule has 0 bridgehead atoms. The number of rotatable bonds is 3. The molecule has 0 spiro atoms. The van der Waals surface area contributed by atoms with Gasteiger partial charge in [-0.15, -0.1) is 11.8 Å². The van der Waals surface area contributed by atoms with Crippen LogP contribution in [0.4, 0.5) is 0 Å². The van der Waals surface area contributed by atoms with Crippen LogP contribution in [0.2, 0.25) is 0 Å². The molecule has 0 aromatic heterocycles. The van der Waals surface area contributed by atoms with Gasteiger partial charge in [0.05, 0.1) is 0 Å². The zero-order chi connectivity index (χ0) is 9.82. The molecule has 0 aliphatic heterocycles. The van der Waals surface area contributed by atoms with E-state index in [0.717, 1.165) is 6.42 Å². The van der Waals surface area contributed by atoms with Crippen LogP contribution in [0.3, 0.4) is 0 Å². The molecule has 0 unspecified atom stereocenters. The smallest absolute Gasteiger partial charge is 0.00859 e. The van der Waals surface area contributed by atoms with Crippen molar-refractivity contribution in [2.24, 2.45) is 0 Å². The first-order valence-electron chi connectivity index (χ1n) is 4.73. The fraction of sp³-hybridized carbons (Fsp3) is 0.818. The Kier molecular flexibility index (Phi) is 15.4. The van der Waals surface area contributed by atoms with Crippen molar-refractivity contribution >= 4 is 0 Å². The molecule has 1 heteroatoms. The third-order valence-corrected chi connectivity index (χ3v) is 1.22. The standard InChI is InChI=1S/C6H10.C5H13N/c1-3-5-6-4-2;1-4-5-6(2)3/h3,5H2,1-2H3;4-5H2,1-3H3. The molecule has 1 nitrogen and oxygen atoms in total. The maximum atomic E-state index is 2.95. The average molecular weight is 169 g/mol. The number of unbranched alkanes of at least 4 members (excludes halogenated alkanes) is 1. The Bertz CT molecular complexity index is 117. The van der Waals surface area contributed by atoms with Crippen LogP contribution in [0, 0.1) is 11.8 Å². The first kappa shape index (κ1) is 14.1. The fourth-order valence-electron chi connectivity index (χ4n) is 0.697. The van der Waals surface area contributed by atoms with Crippen molar-refractivity contribution in [1.29, 1.82) is 0 Å². The summed E-state index contributed by atoms with van der Waals surface area (Å²) in [5.41, 5.74) is 0. The molecule has 12 heavy (non-hydrogen) atoms. The van der Waals surface area contributed by atoms with Gasteiger partial charge in [0.25, 0.3) is 0 Å². The average Bonchev–Trinajstić information content (AvgIpc) is 2.02. The van der Waals surface area contributed by atoms with Gasteiger partial charge in [-0.25, -0.2) is 0 Å². The second kappa shape index (κ2) is 13.1. The van der Waals surface area contributed by atoms with Crippen molar-refractivity contribution in [2.75, 3.05) is 20.6 Å². The Morgan fingerprint density at radius 3 is 1.75 bits per heavy atom. The molecular weight excluding hydrogens is 146 g/mol. The summed E-state index contributed by atoms with van der Waals surface area (Å²) in [6.45, 7) is 7.39. The van der Waals surface area contributed by atoms with E-state index in [2.05, 4.69) is 44.7 Å². The topological polar surface area (TPSA) is 3.24 Å². The molecule has 0 saturated heterocycles. The van der Waals surface area contributed by atoms with E-state index in [1.165, 1.54) is 19.4 Å². The minimum absolute atomic E-state index is 1.05. The lowest BCUT2D eigenvalue weighted by atomic mass is 10.3. The van der Waals surface area contributed by atoms with E-state index in [1.54, 1.807) is 0 Å². The summed E-state index contributed by atoms with van der Waals surface area (Å²) in [5.74, 6) is 5.77. The van der Waals surface area contributed by atoms with E-state index in [0.29, 0.717) is 0 Å². The molecule has 0 amide bonds. The van der Waals surface area contributed by atoms with Crippen molar-refractivity contribution in [3.63, 3.8) is 0 Å². The van der Waals surface area contributed by atoms with Gasteiger partial charge in [-0.05, 0) is 40.4 Å². The Morgan fingerprint density at radius 2 is 1.67 bits per heavy atom. The summed E-state index contributed by atoms with van der Waals surface area (Å²) >= 11 is 0. The van der Waals surface area contributed by atoms with Gasteiger partial charge in [0.1, 0.15) is 0 Å². The molecule has 0 aliphatic carbocycles. The Morgan fingerprint density at radius 1 is 1.08 bits per heavy atom. The minimum atomic E-state index is 1.05. The predicted molar refractivity (Wildman–Crippen MR) is 57.2 cm³/mol. The van der Waals surface area contributed by atoms with E-state index in [9.17, 15) is 0 Å². The molecule has 0 aromatic carbocycles. The van der Waals surface area contributed by atoms with Crippen molar-refractivity contribution in [1.82, 2.24) is 4.90 Å². The molecule has 0 saturated carbocycles. The van der Waals surface area contributed by atoms with Gasteiger partial charge in [-0.2, -0.15) is 0 Å². The van der Waals surface area contributed by atoms with Gasteiger partial charge in [0, 0.05) is 6.42 Å². The maximum absolute atomic E-state index is 2.95. The van der Waals surface area contributed by atoms with Gasteiger partial charge in [0.2, 0.25) is 0 Å². The number of hydrogen-bond acceptors (Lipinski definition) is 1. The Hall–Kier alpha value is -0.480.